The van der Waals surface area contributed by atoms with Crippen molar-refractivity contribution in [3.05, 3.63) is 97.2 Å². The number of fused-ring (bicyclic) bond motifs is 1. The molecule has 1 fully saturated rings. The van der Waals surface area contributed by atoms with Crippen LogP contribution in [-0.4, -0.2) is 46.5 Å². The summed E-state index contributed by atoms with van der Waals surface area (Å²) in [5, 5.41) is -0.480. The second-order valence-corrected chi connectivity index (χ2v) is 11.4. The van der Waals surface area contributed by atoms with Crippen molar-refractivity contribution in [2.24, 2.45) is 0 Å². The molecule has 40 heavy (non-hydrogen) atoms. The van der Waals surface area contributed by atoms with Gasteiger partial charge in [-0.2, -0.15) is 0 Å². The van der Waals surface area contributed by atoms with Gasteiger partial charge in [-0.3, -0.25) is 19.3 Å². The molecule has 2 aliphatic heterocycles. The van der Waals surface area contributed by atoms with Crippen LogP contribution in [0, 0.1) is 9.39 Å². The van der Waals surface area contributed by atoms with Crippen LogP contribution in [0.1, 0.15) is 29.2 Å². The maximum atomic E-state index is 14.1. The van der Waals surface area contributed by atoms with Crippen LogP contribution in [-0.2, 0) is 29.2 Å². The number of amides is 3. The molecule has 0 unspecified atom stereocenters. The van der Waals surface area contributed by atoms with Gasteiger partial charge in [0, 0.05) is 18.7 Å². The van der Waals surface area contributed by atoms with Gasteiger partial charge in [-0.15, -0.1) is 0 Å². The minimum Gasteiger partial charge on any atom is -0.490 e. The highest BCUT2D eigenvalue weighted by Crippen LogP contribution is 2.38. The standard InChI is InChI=1S/C30H26FIN2O5S/c1-2-38-25-14-19(13-24(32)28(25)39-18-22-9-5-6-10-23(22)31)15-26-29(36)34(30(37)40-26)17-27(35)33-12-11-20-7-3-4-8-21(20)16-33/h3-10,13-15H,2,11-12,16-18H2,1H3/b26-15-. The first kappa shape index (κ1) is 28.2. The lowest BCUT2D eigenvalue weighted by Gasteiger charge is -2.29. The van der Waals surface area contributed by atoms with Crippen molar-refractivity contribution in [2.45, 2.75) is 26.5 Å². The summed E-state index contributed by atoms with van der Waals surface area (Å²) in [5.41, 5.74) is 3.35. The van der Waals surface area contributed by atoms with E-state index < -0.39 is 11.1 Å². The number of carbonyl (C=O) groups excluding carboxylic acids is 3. The number of ether oxygens (including phenoxy) is 2. The van der Waals surface area contributed by atoms with Crippen LogP contribution < -0.4 is 9.47 Å². The third-order valence-corrected chi connectivity index (χ3v) is 8.32. The van der Waals surface area contributed by atoms with Gasteiger partial charge in [0.2, 0.25) is 5.91 Å². The zero-order valence-electron chi connectivity index (χ0n) is 21.7. The number of halogens is 2. The lowest BCUT2D eigenvalue weighted by Crippen LogP contribution is -2.44. The molecule has 0 bridgehead atoms. The smallest absolute Gasteiger partial charge is 0.294 e. The summed E-state index contributed by atoms with van der Waals surface area (Å²) in [7, 11) is 0. The molecule has 3 aromatic rings. The van der Waals surface area contributed by atoms with Crippen molar-refractivity contribution in [3.63, 3.8) is 0 Å². The summed E-state index contributed by atoms with van der Waals surface area (Å²) in [4.78, 5) is 41.8. The minimum atomic E-state index is -0.506. The van der Waals surface area contributed by atoms with E-state index in [4.69, 9.17) is 9.47 Å². The summed E-state index contributed by atoms with van der Waals surface area (Å²) in [6.07, 6.45) is 2.35. The van der Waals surface area contributed by atoms with Crippen molar-refractivity contribution in [1.82, 2.24) is 9.80 Å². The Balaban J connectivity index is 1.30. The quantitative estimate of drug-likeness (QED) is 0.215. The predicted octanol–water partition coefficient (Wildman–Crippen LogP) is 6.03. The fourth-order valence-corrected chi connectivity index (χ4v) is 6.19. The highest BCUT2D eigenvalue weighted by molar-refractivity contribution is 14.1. The molecule has 3 amide bonds. The van der Waals surface area contributed by atoms with Gasteiger partial charge in [-0.05, 0) is 88.7 Å². The normalized spacial score (nSPS) is 15.9. The van der Waals surface area contributed by atoms with Gasteiger partial charge in [0.25, 0.3) is 11.1 Å². The number of nitrogens with zero attached hydrogens (tertiary/aromatic N) is 2. The molecular weight excluding hydrogens is 646 g/mol. The van der Waals surface area contributed by atoms with Crippen molar-refractivity contribution in [2.75, 3.05) is 19.7 Å². The van der Waals surface area contributed by atoms with Gasteiger partial charge in [0.05, 0.1) is 15.1 Å². The van der Waals surface area contributed by atoms with Crippen LogP contribution >= 0.6 is 34.4 Å². The zero-order chi connectivity index (χ0) is 28.2. The average molecular weight is 673 g/mol. The highest BCUT2D eigenvalue weighted by atomic mass is 127. The molecule has 0 aliphatic carbocycles. The van der Waals surface area contributed by atoms with E-state index in [-0.39, 0.29) is 29.8 Å². The summed E-state index contributed by atoms with van der Waals surface area (Å²) in [5.74, 6) is -0.218. The number of carbonyl (C=O) groups is 3. The molecule has 0 saturated carbocycles. The molecule has 0 radical (unpaired) electrons. The second-order valence-electron chi connectivity index (χ2n) is 9.24. The largest absolute Gasteiger partial charge is 0.490 e. The fourth-order valence-electron chi connectivity index (χ4n) is 4.57. The molecule has 7 nitrogen and oxygen atoms in total. The summed E-state index contributed by atoms with van der Waals surface area (Å²) < 4.78 is 26.5. The van der Waals surface area contributed by atoms with Crippen LogP contribution in [0.3, 0.4) is 0 Å². The predicted molar refractivity (Wildman–Crippen MR) is 159 cm³/mol. The molecule has 0 aromatic heterocycles. The maximum Gasteiger partial charge on any atom is 0.294 e. The highest BCUT2D eigenvalue weighted by Gasteiger charge is 2.37. The summed E-state index contributed by atoms with van der Waals surface area (Å²) in [6.45, 7) is 2.95. The number of thioether (sulfide) groups is 1. The monoisotopic (exact) mass is 672 g/mol. The average Bonchev–Trinajstić information content (AvgIpc) is 3.20. The van der Waals surface area contributed by atoms with Crippen LogP contribution in [0.4, 0.5) is 9.18 Å². The van der Waals surface area contributed by atoms with Crippen LogP contribution in [0.5, 0.6) is 11.5 Å². The van der Waals surface area contributed by atoms with Gasteiger partial charge < -0.3 is 14.4 Å². The Bertz CT molecular complexity index is 1510. The molecule has 2 heterocycles. The number of hydrogen-bond acceptors (Lipinski definition) is 6. The first-order valence-electron chi connectivity index (χ1n) is 12.8. The third-order valence-electron chi connectivity index (χ3n) is 6.61. The van der Waals surface area contributed by atoms with Gasteiger partial charge in [-0.25, -0.2) is 4.39 Å². The van der Waals surface area contributed by atoms with Crippen molar-refractivity contribution < 1.29 is 28.2 Å². The van der Waals surface area contributed by atoms with Crippen molar-refractivity contribution >= 4 is 57.5 Å². The van der Waals surface area contributed by atoms with Crippen LogP contribution in [0.25, 0.3) is 6.08 Å². The van der Waals surface area contributed by atoms with Crippen molar-refractivity contribution in [1.29, 1.82) is 0 Å². The Hall–Kier alpha value is -3.38. The number of benzene rings is 3. The molecule has 0 spiro atoms. The Morgan fingerprint density at radius 1 is 1.07 bits per heavy atom. The maximum absolute atomic E-state index is 14.1. The molecular formula is C30H26FIN2O5S. The molecule has 2 aliphatic rings. The van der Waals surface area contributed by atoms with Gasteiger partial charge in [0.1, 0.15) is 19.0 Å². The number of rotatable bonds is 8. The second kappa shape index (κ2) is 12.4. The van der Waals surface area contributed by atoms with Gasteiger partial charge >= 0.3 is 0 Å². The van der Waals surface area contributed by atoms with E-state index in [2.05, 4.69) is 28.7 Å². The third kappa shape index (κ3) is 6.17. The molecule has 0 atom stereocenters. The molecule has 3 aromatic carbocycles. The summed E-state index contributed by atoms with van der Waals surface area (Å²) >= 11 is 2.90. The van der Waals surface area contributed by atoms with Crippen LogP contribution in [0.15, 0.2) is 65.6 Å². The van der Waals surface area contributed by atoms with Crippen molar-refractivity contribution in [3.8, 4) is 11.5 Å². The van der Waals surface area contributed by atoms with E-state index in [1.165, 1.54) is 11.6 Å². The van der Waals surface area contributed by atoms with Gasteiger partial charge in [-0.1, -0.05) is 42.5 Å². The van der Waals surface area contributed by atoms with E-state index in [9.17, 15) is 18.8 Å². The summed E-state index contributed by atoms with van der Waals surface area (Å²) in [6, 6.07) is 17.9. The Labute approximate surface area is 249 Å². The Morgan fingerprint density at radius 3 is 2.60 bits per heavy atom. The van der Waals surface area contributed by atoms with E-state index in [0.29, 0.717) is 45.9 Å². The molecule has 0 N–H and O–H groups in total. The molecule has 10 heteroatoms. The first-order valence-corrected chi connectivity index (χ1v) is 14.7. The molecule has 206 valence electrons. The number of hydrogen-bond donors (Lipinski definition) is 0. The first-order chi connectivity index (χ1) is 19.3. The molecule has 5 rings (SSSR count). The fraction of sp³-hybridized carbons (Fsp3) is 0.233. The topological polar surface area (TPSA) is 76.2 Å². The SMILES string of the molecule is CCOc1cc(/C=C2\SC(=O)N(CC(=O)N3CCc4ccccc4C3)C2=O)cc(I)c1OCc1ccccc1F. The lowest BCUT2D eigenvalue weighted by molar-refractivity contribution is -0.136. The van der Waals surface area contributed by atoms with Crippen LogP contribution in [0.2, 0.25) is 0 Å². The minimum absolute atomic E-state index is 0.0254. The zero-order valence-corrected chi connectivity index (χ0v) is 24.7. The van der Waals surface area contributed by atoms with E-state index in [0.717, 1.165) is 28.6 Å². The van der Waals surface area contributed by atoms with E-state index in [1.54, 1.807) is 41.3 Å². The Kier molecular flexibility index (Phi) is 8.75. The van der Waals surface area contributed by atoms with Gasteiger partial charge in [0.15, 0.2) is 11.5 Å². The van der Waals surface area contributed by atoms with E-state index >= 15 is 0 Å². The Morgan fingerprint density at radius 2 is 1.82 bits per heavy atom. The molecule has 1 saturated heterocycles. The lowest BCUT2D eigenvalue weighted by atomic mass is 10.00. The number of imide groups is 1. The van der Waals surface area contributed by atoms with E-state index in [1.807, 2.05) is 25.1 Å².